The minimum atomic E-state index is -0.281. The molecule has 0 atom stereocenters. The number of carbonyl (C=O) groups excluding carboxylic acids is 1. The van der Waals surface area contributed by atoms with Crippen LogP contribution in [0.1, 0.15) is 17.8 Å². The van der Waals surface area contributed by atoms with Crippen LogP contribution >= 0.6 is 0 Å². The zero-order valence-corrected chi connectivity index (χ0v) is 16.6. The number of hydrogen-bond donors (Lipinski definition) is 1. The summed E-state index contributed by atoms with van der Waals surface area (Å²) in [5.41, 5.74) is 5.04. The van der Waals surface area contributed by atoms with Gasteiger partial charge in [0.15, 0.2) is 0 Å². The van der Waals surface area contributed by atoms with Gasteiger partial charge >= 0.3 is 0 Å². The van der Waals surface area contributed by atoms with Crippen molar-refractivity contribution < 1.29 is 9.18 Å². The highest BCUT2D eigenvalue weighted by Crippen LogP contribution is 2.28. The van der Waals surface area contributed by atoms with Gasteiger partial charge in [-0.05, 0) is 61.9 Å². The van der Waals surface area contributed by atoms with E-state index in [9.17, 15) is 9.18 Å². The van der Waals surface area contributed by atoms with E-state index < -0.39 is 0 Å². The van der Waals surface area contributed by atoms with Crippen molar-refractivity contribution in [1.29, 1.82) is 0 Å². The minimum Gasteiger partial charge on any atom is -0.325 e. The lowest BCUT2D eigenvalue weighted by atomic mass is 10.1. The molecule has 0 spiro atoms. The Balaban J connectivity index is 1.61. The molecule has 4 aromatic rings. The summed E-state index contributed by atoms with van der Waals surface area (Å²) in [4.78, 5) is 17.1. The molecule has 6 nitrogen and oxygen atoms in total. The number of benzene rings is 1. The van der Waals surface area contributed by atoms with Crippen LogP contribution in [0.2, 0.25) is 0 Å². The molecule has 0 aliphatic rings. The van der Waals surface area contributed by atoms with Crippen molar-refractivity contribution in [2.24, 2.45) is 7.05 Å². The van der Waals surface area contributed by atoms with Crippen LogP contribution in [0, 0.1) is 19.7 Å². The summed E-state index contributed by atoms with van der Waals surface area (Å²) < 4.78 is 17.1. The number of pyridine rings is 1. The van der Waals surface area contributed by atoms with E-state index in [0.717, 1.165) is 39.4 Å². The summed E-state index contributed by atoms with van der Waals surface area (Å²) in [6, 6.07) is 12.2. The van der Waals surface area contributed by atoms with Gasteiger partial charge in [-0.25, -0.2) is 9.37 Å². The van der Waals surface area contributed by atoms with Gasteiger partial charge in [-0.2, -0.15) is 5.10 Å². The van der Waals surface area contributed by atoms with Crippen molar-refractivity contribution in [1.82, 2.24) is 19.3 Å². The van der Waals surface area contributed by atoms with E-state index >= 15 is 0 Å². The SMILES string of the molecule is Cc1nn(C)c(C)c1NC(=O)CCn1c(-c2ccc(F)cc2)cc2cccnc21. The van der Waals surface area contributed by atoms with Crippen LogP contribution in [0.15, 0.2) is 48.7 Å². The smallest absolute Gasteiger partial charge is 0.226 e. The number of halogens is 1. The lowest BCUT2D eigenvalue weighted by Gasteiger charge is -2.11. The van der Waals surface area contributed by atoms with Crippen LogP contribution in [0.4, 0.5) is 10.1 Å². The lowest BCUT2D eigenvalue weighted by Crippen LogP contribution is -2.16. The van der Waals surface area contributed by atoms with Gasteiger partial charge in [-0.3, -0.25) is 9.48 Å². The van der Waals surface area contributed by atoms with E-state index in [0.29, 0.717) is 6.54 Å². The van der Waals surface area contributed by atoms with Crippen molar-refractivity contribution in [2.45, 2.75) is 26.8 Å². The van der Waals surface area contributed by atoms with Gasteiger partial charge in [-0.1, -0.05) is 0 Å². The maximum atomic E-state index is 13.4. The maximum absolute atomic E-state index is 13.4. The molecule has 0 unspecified atom stereocenters. The molecule has 0 aliphatic carbocycles. The first kappa shape index (κ1) is 18.9. The van der Waals surface area contributed by atoms with E-state index in [1.54, 1.807) is 23.0 Å². The van der Waals surface area contributed by atoms with Crippen molar-refractivity contribution in [3.63, 3.8) is 0 Å². The first-order valence-corrected chi connectivity index (χ1v) is 9.44. The fourth-order valence-corrected chi connectivity index (χ4v) is 3.54. The standard InChI is InChI=1S/C22H22FN5O/c1-14-21(15(2)27(3)26-14)25-20(29)10-12-28-19(16-6-8-18(23)9-7-16)13-17-5-4-11-24-22(17)28/h4-9,11,13H,10,12H2,1-3H3,(H,25,29). The van der Waals surface area contributed by atoms with Crippen molar-refractivity contribution >= 4 is 22.6 Å². The highest BCUT2D eigenvalue weighted by atomic mass is 19.1. The Hall–Kier alpha value is -3.48. The Morgan fingerprint density at radius 2 is 1.93 bits per heavy atom. The van der Waals surface area contributed by atoms with Crippen LogP contribution in [0.25, 0.3) is 22.3 Å². The predicted molar refractivity (Wildman–Crippen MR) is 111 cm³/mol. The number of anilines is 1. The van der Waals surface area contributed by atoms with Crippen LogP contribution in [0.3, 0.4) is 0 Å². The van der Waals surface area contributed by atoms with Gasteiger partial charge < -0.3 is 9.88 Å². The Bertz CT molecular complexity index is 1190. The number of nitrogens with one attached hydrogen (secondary N) is 1. The molecule has 0 bridgehead atoms. The predicted octanol–water partition coefficient (Wildman–Crippen LogP) is 4.22. The van der Waals surface area contributed by atoms with Crippen LogP contribution in [-0.2, 0) is 18.4 Å². The largest absolute Gasteiger partial charge is 0.325 e. The second-order valence-corrected chi connectivity index (χ2v) is 7.07. The summed E-state index contributed by atoms with van der Waals surface area (Å²) in [6.07, 6.45) is 2.01. The number of hydrogen-bond acceptors (Lipinski definition) is 3. The second kappa shape index (κ2) is 7.50. The summed E-state index contributed by atoms with van der Waals surface area (Å²) in [7, 11) is 1.85. The lowest BCUT2D eigenvalue weighted by molar-refractivity contribution is -0.116. The normalized spacial score (nSPS) is 11.2. The van der Waals surface area contributed by atoms with E-state index in [-0.39, 0.29) is 18.1 Å². The molecule has 7 heteroatoms. The van der Waals surface area contributed by atoms with Gasteiger partial charge in [0.1, 0.15) is 11.5 Å². The summed E-state index contributed by atoms with van der Waals surface area (Å²) >= 11 is 0. The van der Waals surface area contributed by atoms with Gasteiger partial charge in [0, 0.05) is 31.6 Å². The summed E-state index contributed by atoms with van der Waals surface area (Å²) in [5, 5.41) is 8.28. The van der Waals surface area contributed by atoms with Gasteiger partial charge in [0.25, 0.3) is 0 Å². The molecule has 148 valence electrons. The fourth-order valence-electron chi connectivity index (χ4n) is 3.54. The number of aryl methyl sites for hydroxylation is 3. The van der Waals surface area contributed by atoms with Gasteiger partial charge in [0.05, 0.1) is 22.8 Å². The Kier molecular flexibility index (Phi) is 4.88. The van der Waals surface area contributed by atoms with Gasteiger partial charge in [-0.15, -0.1) is 0 Å². The molecule has 0 saturated carbocycles. The zero-order chi connectivity index (χ0) is 20.5. The monoisotopic (exact) mass is 391 g/mol. The molecule has 1 N–H and O–H groups in total. The Morgan fingerprint density at radius 1 is 1.17 bits per heavy atom. The first-order valence-electron chi connectivity index (χ1n) is 9.44. The van der Waals surface area contributed by atoms with Crippen LogP contribution in [-0.4, -0.2) is 25.2 Å². The molecule has 0 fully saturated rings. The average Bonchev–Trinajstić information content (AvgIpc) is 3.19. The number of carbonyl (C=O) groups is 1. The van der Waals surface area contributed by atoms with Crippen LogP contribution < -0.4 is 5.32 Å². The molecule has 0 saturated heterocycles. The third-order valence-corrected chi connectivity index (χ3v) is 5.13. The van der Waals surface area contributed by atoms with E-state index in [1.165, 1.54) is 12.1 Å². The zero-order valence-electron chi connectivity index (χ0n) is 16.6. The molecule has 3 heterocycles. The molecule has 4 rings (SSSR count). The molecule has 3 aromatic heterocycles. The Morgan fingerprint density at radius 3 is 2.62 bits per heavy atom. The minimum absolute atomic E-state index is 0.0907. The highest BCUT2D eigenvalue weighted by molar-refractivity contribution is 5.92. The average molecular weight is 391 g/mol. The molecule has 29 heavy (non-hydrogen) atoms. The third-order valence-electron chi connectivity index (χ3n) is 5.13. The number of amides is 1. The summed E-state index contributed by atoms with van der Waals surface area (Å²) in [5.74, 6) is -0.372. The molecule has 1 aromatic carbocycles. The van der Waals surface area contributed by atoms with E-state index in [1.807, 2.05) is 43.7 Å². The fraction of sp³-hybridized carbons (Fsp3) is 0.227. The number of rotatable bonds is 5. The molecule has 0 aliphatic heterocycles. The van der Waals surface area contributed by atoms with Crippen molar-refractivity contribution in [3.8, 4) is 11.3 Å². The third kappa shape index (κ3) is 3.63. The molecular formula is C22H22FN5O. The number of fused-ring (bicyclic) bond motifs is 1. The quantitative estimate of drug-likeness (QED) is 0.554. The first-order chi connectivity index (χ1) is 13.9. The number of aromatic nitrogens is 4. The second-order valence-electron chi connectivity index (χ2n) is 7.07. The van der Waals surface area contributed by atoms with Crippen LogP contribution in [0.5, 0.6) is 0 Å². The van der Waals surface area contributed by atoms with E-state index in [2.05, 4.69) is 15.4 Å². The maximum Gasteiger partial charge on any atom is 0.226 e. The molecule has 0 radical (unpaired) electrons. The van der Waals surface area contributed by atoms with Gasteiger partial charge in [0.2, 0.25) is 5.91 Å². The molecular weight excluding hydrogens is 369 g/mol. The topological polar surface area (TPSA) is 64.7 Å². The molecule has 1 amide bonds. The highest BCUT2D eigenvalue weighted by Gasteiger charge is 2.15. The Labute approximate surface area is 168 Å². The van der Waals surface area contributed by atoms with Crippen molar-refractivity contribution in [2.75, 3.05) is 5.32 Å². The van der Waals surface area contributed by atoms with E-state index in [4.69, 9.17) is 0 Å². The summed E-state index contributed by atoms with van der Waals surface area (Å²) in [6.45, 7) is 4.25. The van der Waals surface area contributed by atoms with Crippen molar-refractivity contribution in [3.05, 3.63) is 65.9 Å². The number of nitrogens with zero attached hydrogens (tertiary/aromatic N) is 4.